The minimum absolute atomic E-state index is 0.0451. The number of hydrogen-bond acceptors (Lipinski definition) is 1. The van der Waals surface area contributed by atoms with Gasteiger partial charge in [-0.15, -0.1) is 0 Å². The van der Waals surface area contributed by atoms with Crippen LogP contribution in [-0.4, -0.2) is 17.4 Å². The monoisotopic (exact) mass is 349 g/mol. The molecule has 0 saturated heterocycles. The fourth-order valence-corrected chi connectivity index (χ4v) is 4.10. The average molecular weight is 350 g/mol. The Hall–Kier alpha value is -2.09. The number of unbranched alkanes of at least 4 members (excludes halogenated alkanes) is 1. The summed E-state index contributed by atoms with van der Waals surface area (Å²) >= 11 is 0. The first-order valence-corrected chi connectivity index (χ1v) is 10.1. The van der Waals surface area contributed by atoms with Gasteiger partial charge in [0.05, 0.1) is 6.04 Å². The van der Waals surface area contributed by atoms with Crippen LogP contribution in [0.2, 0.25) is 0 Å². The summed E-state index contributed by atoms with van der Waals surface area (Å²) in [4.78, 5) is 15.6. The Labute approximate surface area is 158 Å². The van der Waals surface area contributed by atoms with Crippen molar-refractivity contribution in [1.82, 2.24) is 4.90 Å². The van der Waals surface area contributed by atoms with Crippen molar-refractivity contribution in [1.29, 1.82) is 0 Å². The molecular formula is C24H31NO. The Kier molecular flexibility index (Phi) is 6.13. The van der Waals surface area contributed by atoms with Crippen LogP contribution in [0.15, 0.2) is 48.5 Å². The van der Waals surface area contributed by atoms with Gasteiger partial charge < -0.3 is 4.90 Å². The quantitative estimate of drug-likeness (QED) is 0.656. The first-order chi connectivity index (χ1) is 12.7. The molecule has 138 valence electrons. The zero-order valence-corrected chi connectivity index (χ0v) is 16.4. The van der Waals surface area contributed by atoms with E-state index < -0.39 is 0 Å². The number of carbonyl (C=O) groups excluding carboxylic acids is 1. The molecule has 0 fully saturated rings. The van der Waals surface area contributed by atoms with Crippen LogP contribution in [0.1, 0.15) is 67.8 Å². The topological polar surface area (TPSA) is 20.3 Å². The number of carbonyl (C=O) groups is 1. The SMILES string of the molecule is CCCC[C@H](CC)C(=O)N1CCc2ccccc2[C@H]1c1ccc(C)cc1. The second kappa shape index (κ2) is 8.53. The molecule has 3 rings (SSSR count). The van der Waals surface area contributed by atoms with E-state index in [9.17, 15) is 4.79 Å². The normalized spacial score (nSPS) is 17.7. The molecule has 0 aliphatic carbocycles. The summed E-state index contributed by atoms with van der Waals surface area (Å²) in [6, 6.07) is 17.4. The number of rotatable bonds is 6. The smallest absolute Gasteiger partial charge is 0.226 e. The molecule has 0 unspecified atom stereocenters. The van der Waals surface area contributed by atoms with Gasteiger partial charge in [0.1, 0.15) is 0 Å². The minimum Gasteiger partial charge on any atom is -0.331 e. The maximum atomic E-state index is 13.4. The highest BCUT2D eigenvalue weighted by Gasteiger charge is 2.34. The molecule has 2 aromatic rings. The third kappa shape index (κ3) is 3.85. The fourth-order valence-electron chi connectivity index (χ4n) is 4.10. The van der Waals surface area contributed by atoms with Gasteiger partial charge in [-0.25, -0.2) is 0 Å². The lowest BCUT2D eigenvalue weighted by Crippen LogP contribution is -2.43. The predicted molar refractivity (Wildman–Crippen MR) is 108 cm³/mol. The molecule has 2 aromatic carbocycles. The molecule has 1 aliphatic heterocycles. The molecule has 0 spiro atoms. The largest absolute Gasteiger partial charge is 0.331 e. The number of benzene rings is 2. The summed E-state index contributed by atoms with van der Waals surface area (Å²) in [6.07, 6.45) is 5.16. The summed E-state index contributed by atoms with van der Waals surface area (Å²) in [5.74, 6) is 0.481. The Bertz CT molecular complexity index is 734. The van der Waals surface area contributed by atoms with Crippen molar-refractivity contribution < 1.29 is 4.79 Å². The summed E-state index contributed by atoms with van der Waals surface area (Å²) < 4.78 is 0. The van der Waals surface area contributed by atoms with Gasteiger partial charge in [-0.2, -0.15) is 0 Å². The average Bonchev–Trinajstić information content (AvgIpc) is 2.68. The lowest BCUT2D eigenvalue weighted by molar-refractivity contribution is -0.138. The fraction of sp³-hybridized carbons (Fsp3) is 0.458. The van der Waals surface area contributed by atoms with Crippen LogP contribution in [0.4, 0.5) is 0 Å². The van der Waals surface area contributed by atoms with Crippen LogP contribution < -0.4 is 0 Å². The van der Waals surface area contributed by atoms with Crippen LogP contribution >= 0.6 is 0 Å². The lowest BCUT2D eigenvalue weighted by Gasteiger charge is -2.39. The van der Waals surface area contributed by atoms with E-state index in [1.54, 1.807) is 0 Å². The summed E-state index contributed by atoms with van der Waals surface area (Å²) in [5, 5.41) is 0. The molecule has 0 radical (unpaired) electrons. The molecule has 2 heteroatoms. The molecule has 0 bridgehead atoms. The van der Waals surface area contributed by atoms with Gasteiger partial charge in [0.2, 0.25) is 5.91 Å². The molecule has 1 heterocycles. The predicted octanol–water partition coefficient (Wildman–Crippen LogP) is 5.69. The Morgan fingerprint density at radius 3 is 2.54 bits per heavy atom. The van der Waals surface area contributed by atoms with E-state index in [0.29, 0.717) is 5.91 Å². The standard InChI is InChI=1S/C24H31NO/c1-4-6-9-19(5-2)24(26)25-17-16-20-10-7-8-11-22(20)23(25)21-14-12-18(3)13-15-21/h7-8,10-15,19,23H,4-6,9,16-17H2,1-3H3/t19-,23+/m0/s1. The molecule has 0 aromatic heterocycles. The minimum atomic E-state index is 0.0451. The Balaban J connectivity index is 1.98. The highest BCUT2D eigenvalue weighted by molar-refractivity contribution is 5.80. The molecule has 26 heavy (non-hydrogen) atoms. The van der Waals surface area contributed by atoms with Gasteiger partial charge in [-0.3, -0.25) is 4.79 Å². The van der Waals surface area contributed by atoms with Crippen molar-refractivity contribution in [3.8, 4) is 0 Å². The first-order valence-electron chi connectivity index (χ1n) is 10.1. The van der Waals surface area contributed by atoms with Gasteiger partial charge in [0.15, 0.2) is 0 Å². The van der Waals surface area contributed by atoms with E-state index in [0.717, 1.165) is 38.6 Å². The van der Waals surface area contributed by atoms with E-state index in [4.69, 9.17) is 0 Å². The molecule has 0 N–H and O–H groups in total. The second-order valence-corrected chi connectivity index (χ2v) is 7.54. The van der Waals surface area contributed by atoms with E-state index in [-0.39, 0.29) is 12.0 Å². The summed E-state index contributed by atoms with van der Waals surface area (Å²) in [7, 11) is 0. The molecule has 1 aliphatic rings. The highest BCUT2D eigenvalue weighted by atomic mass is 16.2. The molecular weight excluding hydrogens is 318 g/mol. The second-order valence-electron chi connectivity index (χ2n) is 7.54. The number of fused-ring (bicyclic) bond motifs is 1. The van der Waals surface area contributed by atoms with Crippen molar-refractivity contribution in [3.63, 3.8) is 0 Å². The lowest BCUT2D eigenvalue weighted by atomic mass is 9.86. The Morgan fingerprint density at radius 2 is 1.85 bits per heavy atom. The van der Waals surface area contributed by atoms with Crippen molar-refractivity contribution >= 4 is 5.91 Å². The number of nitrogens with zero attached hydrogens (tertiary/aromatic N) is 1. The maximum absolute atomic E-state index is 13.4. The Morgan fingerprint density at radius 1 is 1.12 bits per heavy atom. The molecule has 2 atom stereocenters. The van der Waals surface area contributed by atoms with E-state index in [1.807, 2.05) is 0 Å². The van der Waals surface area contributed by atoms with Gasteiger partial charge in [-0.1, -0.05) is 80.8 Å². The van der Waals surface area contributed by atoms with Crippen molar-refractivity contribution in [2.45, 2.75) is 58.9 Å². The highest BCUT2D eigenvalue weighted by Crippen LogP contribution is 2.36. The van der Waals surface area contributed by atoms with Crippen LogP contribution in [0.3, 0.4) is 0 Å². The maximum Gasteiger partial charge on any atom is 0.226 e. The van der Waals surface area contributed by atoms with Crippen LogP contribution in [0.25, 0.3) is 0 Å². The first kappa shape index (κ1) is 18.7. The third-order valence-electron chi connectivity index (χ3n) is 5.71. The van der Waals surface area contributed by atoms with E-state index in [2.05, 4.69) is 74.2 Å². The summed E-state index contributed by atoms with van der Waals surface area (Å²) in [5.41, 5.74) is 5.15. The third-order valence-corrected chi connectivity index (χ3v) is 5.71. The van der Waals surface area contributed by atoms with Gasteiger partial charge in [0.25, 0.3) is 0 Å². The number of amides is 1. The zero-order valence-electron chi connectivity index (χ0n) is 16.4. The zero-order chi connectivity index (χ0) is 18.5. The molecule has 2 nitrogen and oxygen atoms in total. The van der Waals surface area contributed by atoms with Crippen molar-refractivity contribution in [2.24, 2.45) is 5.92 Å². The van der Waals surface area contributed by atoms with E-state index in [1.165, 1.54) is 22.3 Å². The summed E-state index contributed by atoms with van der Waals surface area (Å²) in [6.45, 7) is 7.27. The van der Waals surface area contributed by atoms with Gasteiger partial charge >= 0.3 is 0 Å². The molecule has 0 saturated carbocycles. The number of aryl methyl sites for hydroxylation is 1. The van der Waals surface area contributed by atoms with Crippen molar-refractivity contribution in [2.75, 3.05) is 6.54 Å². The van der Waals surface area contributed by atoms with Gasteiger partial charge in [-0.05, 0) is 42.9 Å². The van der Waals surface area contributed by atoms with Crippen LogP contribution in [-0.2, 0) is 11.2 Å². The number of hydrogen-bond donors (Lipinski definition) is 0. The molecule has 1 amide bonds. The van der Waals surface area contributed by atoms with Gasteiger partial charge in [0, 0.05) is 12.5 Å². The van der Waals surface area contributed by atoms with Crippen molar-refractivity contribution in [3.05, 3.63) is 70.8 Å². The van der Waals surface area contributed by atoms with Crippen LogP contribution in [0.5, 0.6) is 0 Å². The van der Waals surface area contributed by atoms with E-state index >= 15 is 0 Å². The van der Waals surface area contributed by atoms with Crippen LogP contribution in [0, 0.1) is 12.8 Å².